The minimum absolute atomic E-state index is 0. The quantitative estimate of drug-likeness (QED) is 0.267. The standard InChI is InChI=1S/C24H33N5O2.HI/c1-25-23(30)19-11-9-18(10-12-19)16-27-24(26-2)28-17-22(29-13-4-5-14-29)20-7-6-8-21(15-20)31-3;/h6-12,15,22H,4-5,13-14,16-17H2,1-3H3,(H,25,30)(H2,26,27,28);1H. The molecule has 1 fully saturated rings. The molecule has 0 spiro atoms. The van der Waals surface area contributed by atoms with E-state index < -0.39 is 0 Å². The summed E-state index contributed by atoms with van der Waals surface area (Å²) in [7, 11) is 5.12. The fourth-order valence-corrected chi connectivity index (χ4v) is 3.88. The minimum Gasteiger partial charge on any atom is -0.497 e. The number of amides is 1. The lowest BCUT2D eigenvalue weighted by Crippen LogP contribution is -2.42. The van der Waals surface area contributed by atoms with Crippen LogP contribution in [0.3, 0.4) is 0 Å². The predicted octanol–water partition coefficient (Wildman–Crippen LogP) is 3.17. The van der Waals surface area contributed by atoms with Gasteiger partial charge in [0.1, 0.15) is 5.75 Å². The highest BCUT2D eigenvalue weighted by molar-refractivity contribution is 14.0. The molecular formula is C24H34IN5O2. The van der Waals surface area contributed by atoms with Gasteiger partial charge < -0.3 is 20.7 Å². The number of hydrogen-bond donors (Lipinski definition) is 3. The average molecular weight is 551 g/mol. The Kier molecular flexibility index (Phi) is 10.8. The van der Waals surface area contributed by atoms with E-state index in [4.69, 9.17) is 4.74 Å². The first kappa shape index (κ1) is 25.9. The van der Waals surface area contributed by atoms with Gasteiger partial charge >= 0.3 is 0 Å². The maximum Gasteiger partial charge on any atom is 0.251 e. The van der Waals surface area contributed by atoms with E-state index in [0.29, 0.717) is 12.1 Å². The molecule has 8 heteroatoms. The summed E-state index contributed by atoms with van der Waals surface area (Å²) < 4.78 is 5.43. The van der Waals surface area contributed by atoms with Crippen molar-refractivity contribution in [2.24, 2.45) is 4.99 Å². The van der Waals surface area contributed by atoms with Gasteiger partial charge in [-0.3, -0.25) is 14.7 Å². The van der Waals surface area contributed by atoms with Gasteiger partial charge in [0, 0.05) is 32.7 Å². The zero-order chi connectivity index (χ0) is 22.1. The van der Waals surface area contributed by atoms with Crippen molar-refractivity contribution in [2.45, 2.75) is 25.4 Å². The van der Waals surface area contributed by atoms with Crippen molar-refractivity contribution >= 4 is 35.8 Å². The number of methoxy groups -OCH3 is 1. The number of guanidine groups is 1. The molecule has 32 heavy (non-hydrogen) atoms. The molecule has 3 N–H and O–H groups in total. The van der Waals surface area contributed by atoms with Gasteiger partial charge in [0.2, 0.25) is 0 Å². The van der Waals surface area contributed by atoms with E-state index in [0.717, 1.165) is 36.9 Å². The van der Waals surface area contributed by atoms with Gasteiger partial charge in [0.05, 0.1) is 13.2 Å². The molecule has 1 unspecified atom stereocenters. The van der Waals surface area contributed by atoms with Crippen molar-refractivity contribution < 1.29 is 9.53 Å². The minimum atomic E-state index is -0.0810. The second-order valence-corrected chi connectivity index (χ2v) is 7.62. The summed E-state index contributed by atoms with van der Waals surface area (Å²) in [5.41, 5.74) is 2.98. The van der Waals surface area contributed by atoms with E-state index in [9.17, 15) is 4.79 Å². The van der Waals surface area contributed by atoms with Gasteiger partial charge in [-0.05, 0) is 61.3 Å². The highest BCUT2D eigenvalue weighted by Gasteiger charge is 2.24. The summed E-state index contributed by atoms with van der Waals surface area (Å²) in [6, 6.07) is 16.1. The number of nitrogens with one attached hydrogen (secondary N) is 3. The Morgan fingerprint density at radius 1 is 1.12 bits per heavy atom. The highest BCUT2D eigenvalue weighted by Crippen LogP contribution is 2.27. The smallest absolute Gasteiger partial charge is 0.251 e. The molecule has 1 heterocycles. The van der Waals surface area contributed by atoms with Crippen LogP contribution in [0.4, 0.5) is 0 Å². The second-order valence-electron chi connectivity index (χ2n) is 7.62. The molecule has 0 aromatic heterocycles. The van der Waals surface area contributed by atoms with Crippen molar-refractivity contribution in [3.8, 4) is 5.75 Å². The predicted molar refractivity (Wildman–Crippen MR) is 140 cm³/mol. The molecule has 0 radical (unpaired) electrons. The van der Waals surface area contributed by atoms with E-state index in [2.05, 4.69) is 38.0 Å². The van der Waals surface area contributed by atoms with Gasteiger partial charge in [-0.25, -0.2) is 0 Å². The van der Waals surface area contributed by atoms with Gasteiger partial charge in [0.15, 0.2) is 5.96 Å². The van der Waals surface area contributed by atoms with Crippen LogP contribution in [0.1, 0.15) is 40.4 Å². The van der Waals surface area contributed by atoms with Crippen LogP contribution in [0.2, 0.25) is 0 Å². The molecule has 174 valence electrons. The number of carbonyl (C=O) groups is 1. The molecule has 0 aliphatic carbocycles. The molecular weight excluding hydrogens is 517 g/mol. The lowest BCUT2D eigenvalue weighted by Gasteiger charge is -2.29. The molecule has 1 saturated heterocycles. The number of nitrogens with zero attached hydrogens (tertiary/aromatic N) is 2. The number of rotatable bonds is 8. The molecule has 0 bridgehead atoms. The van der Waals surface area contributed by atoms with Crippen LogP contribution in [-0.4, -0.2) is 57.6 Å². The summed E-state index contributed by atoms with van der Waals surface area (Å²) in [5, 5.41) is 9.48. The molecule has 7 nitrogen and oxygen atoms in total. The normalized spacial score (nSPS) is 14.9. The first-order valence-electron chi connectivity index (χ1n) is 10.8. The lowest BCUT2D eigenvalue weighted by molar-refractivity contribution is 0.0963. The third-order valence-electron chi connectivity index (χ3n) is 5.65. The van der Waals surface area contributed by atoms with E-state index >= 15 is 0 Å². The van der Waals surface area contributed by atoms with Gasteiger partial charge in [0.25, 0.3) is 5.91 Å². The Labute approximate surface area is 208 Å². The van der Waals surface area contributed by atoms with Crippen LogP contribution in [0.25, 0.3) is 0 Å². The molecule has 1 amide bonds. The molecule has 0 saturated carbocycles. The maximum absolute atomic E-state index is 11.7. The molecule has 1 aliphatic heterocycles. The Morgan fingerprint density at radius 2 is 1.84 bits per heavy atom. The van der Waals surface area contributed by atoms with Gasteiger partial charge in [-0.15, -0.1) is 24.0 Å². The van der Waals surface area contributed by atoms with Crippen molar-refractivity contribution in [3.05, 3.63) is 65.2 Å². The zero-order valence-corrected chi connectivity index (χ0v) is 21.4. The summed E-state index contributed by atoms with van der Waals surface area (Å²) in [4.78, 5) is 18.6. The Bertz CT molecular complexity index is 882. The van der Waals surface area contributed by atoms with Crippen LogP contribution < -0.4 is 20.7 Å². The van der Waals surface area contributed by atoms with Crippen LogP contribution in [-0.2, 0) is 6.54 Å². The summed E-state index contributed by atoms with van der Waals surface area (Å²) in [6.07, 6.45) is 2.47. The van der Waals surface area contributed by atoms with E-state index in [1.54, 1.807) is 21.2 Å². The number of carbonyl (C=O) groups excluding carboxylic acids is 1. The topological polar surface area (TPSA) is 78.0 Å². The largest absolute Gasteiger partial charge is 0.497 e. The third kappa shape index (κ3) is 7.09. The Morgan fingerprint density at radius 3 is 2.47 bits per heavy atom. The Balaban J connectivity index is 0.00000363. The first-order chi connectivity index (χ1) is 15.1. The first-order valence-corrected chi connectivity index (χ1v) is 10.8. The second kappa shape index (κ2) is 13.3. The number of halogens is 1. The summed E-state index contributed by atoms with van der Waals surface area (Å²) in [6.45, 7) is 3.59. The van der Waals surface area contributed by atoms with Crippen LogP contribution in [0.5, 0.6) is 5.75 Å². The number of aliphatic imine (C=N–C) groups is 1. The van der Waals surface area contributed by atoms with E-state index in [1.165, 1.54) is 18.4 Å². The lowest BCUT2D eigenvalue weighted by atomic mass is 10.1. The number of benzene rings is 2. The molecule has 2 aromatic carbocycles. The van der Waals surface area contributed by atoms with Crippen molar-refractivity contribution in [1.29, 1.82) is 0 Å². The van der Waals surface area contributed by atoms with Crippen molar-refractivity contribution in [3.63, 3.8) is 0 Å². The zero-order valence-electron chi connectivity index (χ0n) is 19.1. The monoisotopic (exact) mass is 551 g/mol. The number of likely N-dealkylation sites (tertiary alicyclic amines) is 1. The number of ether oxygens (including phenoxy) is 1. The third-order valence-corrected chi connectivity index (χ3v) is 5.65. The fraction of sp³-hybridized carbons (Fsp3) is 0.417. The summed E-state index contributed by atoms with van der Waals surface area (Å²) >= 11 is 0. The fourth-order valence-electron chi connectivity index (χ4n) is 3.88. The summed E-state index contributed by atoms with van der Waals surface area (Å²) in [5.74, 6) is 1.55. The van der Waals surface area contributed by atoms with Gasteiger partial charge in [-0.2, -0.15) is 0 Å². The van der Waals surface area contributed by atoms with Crippen LogP contribution in [0, 0.1) is 0 Å². The van der Waals surface area contributed by atoms with Gasteiger partial charge in [-0.1, -0.05) is 24.3 Å². The maximum atomic E-state index is 11.7. The van der Waals surface area contributed by atoms with E-state index in [1.807, 2.05) is 36.4 Å². The van der Waals surface area contributed by atoms with Crippen molar-refractivity contribution in [2.75, 3.05) is 40.8 Å². The van der Waals surface area contributed by atoms with Crippen LogP contribution >= 0.6 is 24.0 Å². The molecule has 1 aliphatic rings. The highest BCUT2D eigenvalue weighted by atomic mass is 127. The number of hydrogen-bond acceptors (Lipinski definition) is 4. The SMILES string of the molecule is CN=C(NCc1ccc(C(=O)NC)cc1)NCC(c1cccc(OC)c1)N1CCCC1.I. The van der Waals surface area contributed by atoms with E-state index in [-0.39, 0.29) is 35.9 Å². The van der Waals surface area contributed by atoms with Crippen LogP contribution in [0.15, 0.2) is 53.5 Å². The molecule has 1 atom stereocenters. The Hall–Kier alpha value is -2.33. The molecule has 3 rings (SSSR count). The van der Waals surface area contributed by atoms with Crippen molar-refractivity contribution in [1.82, 2.24) is 20.9 Å². The average Bonchev–Trinajstić information content (AvgIpc) is 3.35. The molecule has 2 aromatic rings.